The Labute approximate surface area is 156 Å². The summed E-state index contributed by atoms with van der Waals surface area (Å²) in [6, 6.07) is 17.1. The number of benzene rings is 2. The molecule has 1 saturated carbocycles. The third-order valence-corrected chi connectivity index (χ3v) is 5.67. The van der Waals surface area contributed by atoms with Crippen molar-refractivity contribution >= 4 is 26.8 Å². The van der Waals surface area contributed by atoms with Crippen molar-refractivity contribution in [1.82, 2.24) is 4.57 Å². The van der Waals surface area contributed by atoms with Gasteiger partial charge in [0, 0.05) is 27.6 Å². The molecule has 3 aromatic rings. The summed E-state index contributed by atoms with van der Waals surface area (Å²) in [6.45, 7) is 2.68. The van der Waals surface area contributed by atoms with Crippen molar-refractivity contribution in [2.75, 3.05) is 0 Å². The van der Waals surface area contributed by atoms with Crippen LogP contribution in [-0.4, -0.2) is 10.7 Å². The lowest BCUT2D eigenvalue weighted by Crippen LogP contribution is -2.32. The number of hydrogen-bond acceptors (Lipinski definition) is 2. The number of nitriles is 1. The Morgan fingerprint density at radius 3 is 2.72 bits per heavy atom. The lowest BCUT2D eigenvalue weighted by molar-refractivity contribution is -0.0347. The van der Waals surface area contributed by atoms with Crippen molar-refractivity contribution < 1.29 is 4.74 Å². The first-order valence-electron chi connectivity index (χ1n) is 8.52. The van der Waals surface area contributed by atoms with Crippen molar-refractivity contribution in [3.63, 3.8) is 0 Å². The van der Waals surface area contributed by atoms with Gasteiger partial charge in [0.15, 0.2) is 0 Å². The maximum atomic E-state index is 9.24. The second kappa shape index (κ2) is 6.67. The average Bonchev–Trinajstić information content (AvgIpc) is 2.89. The summed E-state index contributed by atoms with van der Waals surface area (Å²) < 4.78 is 9.40. The van der Waals surface area contributed by atoms with Crippen LogP contribution in [0.25, 0.3) is 10.9 Å². The number of rotatable bonds is 4. The average molecular weight is 395 g/mol. The summed E-state index contributed by atoms with van der Waals surface area (Å²) in [7, 11) is 0. The van der Waals surface area contributed by atoms with Crippen LogP contribution in [0.1, 0.15) is 35.6 Å². The first-order chi connectivity index (χ1) is 12.2. The minimum absolute atomic E-state index is 0.320. The molecule has 1 heterocycles. The Hall–Kier alpha value is -2.09. The SMILES string of the molecule is Cc1cc2c(cc1C#N)c(Br)cn2[C@H]1C[C@H](OCc2ccccc2)C1. The molecule has 126 valence electrons. The first-order valence-corrected chi connectivity index (χ1v) is 9.31. The molecule has 0 radical (unpaired) electrons. The maximum Gasteiger partial charge on any atom is 0.0994 e. The fourth-order valence-corrected chi connectivity index (χ4v) is 4.01. The molecule has 1 aliphatic carbocycles. The quantitative estimate of drug-likeness (QED) is 0.585. The van der Waals surface area contributed by atoms with Gasteiger partial charge in [0.2, 0.25) is 0 Å². The summed E-state index contributed by atoms with van der Waals surface area (Å²) in [6.07, 6.45) is 4.52. The Morgan fingerprint density at radius 1 is 1.24 bits per heavy atom. The molecule has 0 spiro atoms. The van der Waals surface area contributed by atoms with Gasteiger partial charge < -0.3 is 9.30 Å². The zero-order chi connectivity index (χ0) is 17.4. The van der Waals surface area contributed by atoms with Gasteiger partial charge in [0.1, 0.15) is 0 Å². The van der Waals surface area contributed by atoms with Gasteiger partial charge in [-0.25, -0.2) is 0 Å². The fourth-order valence-electron chi connectivity index (χ4n) is 3.47. The topological polar surface area (TPSA) is 38.0 Å². The van der Waals surface area contributed by atoms with Gasteiger partial charge in [-0.1, -0.05) is 30.3 Å². The third kappa shape index (κ3) is 3.10. The van der Waals surface area contributed by atoms with E-state index in [1.807, 2.05) is 31.2 Å². The van der Waals surface area contributed by atoms with Gasteiger partial charge in [0.25, 0.3) is 0 Å². The number of nitrogens with zero attached hydrogens (tertiary/aromatic N) is 2. The molecule has 0 saturated heterocycles. The highest BCUT2D eigenvalue weighted by molar-refractivity contribution is 9.10. The number of fused-ring (bicyclic) bond motifs is 1. The van der Waals surface area contributed by atoms with E-state index in [4.69, 9.17) is 4.74 Å². The second-order valence-electron chi connectivity index (χ2n) is 6.72. The smallest absolute Gasteiger partial charge is 0.0994 e. The third-order valence-electron chi connectivity index (χ3n) is 5.04. The Morgan fingerprint density at radius 2 is 2.00 bits per heavy atom. The highest BCUT2D eigenvalue weighted by atomic mass is 79.9. The zero-order valence-corrected chi connectivity index (χ0v) is 15.7. The highest BCUT2D eigenvalue weighted by Crippen LogP contribution is 2.40. The van der Waals surface area contributed by atoms with Crippen molar-refractivity contribution in [2.45, 2.75) is 38.5 Å². The standard InChI is InChI=1S/C21H19BrN2O/c1-14-7-21-19(8-16(14)11-23)20(22)12-24(21)17-9-18(10-17)25-13-15-5-3-2-4-6-15/h2-8,12,17-18H,9-10,13H2,1H3/t17-,18-. The van der Waals surface area contributed by atoms with Crippen molar-refractivity contribution in [1.29, 1.82) is 5.26 Å². The summed E-state index contributed by atoms with van der Waals surface area (Å²) in [5.41, 5.74) is 4.18. The normalized spacial score (nSPS) is 19.6. The molecule has 2 aromatic carbocycles. The van der Waals surface area contributed by atoms with Crippen LogP contribution in [0.5, 0.6) is 0 Å². The molecule has 3 nitrogen and oxygen atoms in total. The Kier molecular flexibility index (Phi) is 4.37. The van der Waals surface area contributed by atoms with Crippen LogP contribution in [0.15, 0.2) is 53.1 Å². The number of aromatic nitrogens is 1. The molecule has 0 aliphatic heterocycles. The van der Waals surface area contributed by atoms with E-state index in [0.29, 0.717) is 18.8 Å². The van der Waals surface area contributed by atoms with Gasteiger partial charge in [-0.05, 0) is 59.0 Å². The number of halogens is 1. The van der Waals surface area contributed by atoms with Crippen LogP contribution in [0.3, 0.4) is 0 Å². The highest BCUT2D eigenvalue weighted by Gasteiger charge is 2.32. The van der Waals surface area contributed by atoms with Crippen LogP contribution in [0.4, 0.5) is 0 Å². The second-order valence-corrected chi connectivity index (χ2v) is 7.58. The predicted molar refractivity (Wildman–Crippen MR) is 102 cm³/mol. The van der Waals surface area contributed by atoms with E-state index in [0.717, 1.165) is 33.8 Å². The lowest BCUT2D eigenvalue weighted by Gasteiger charge is -2.36. The van der Waals surface area contributed by atoms with Crippen LogP contribution in [0.2, 0.25) is 0 Å². The molecule has 0 amide bonds. The first kappa shape index (κ1) is 16.4. The number of aryl methyl sites for hydroxylation is 1. The molecule has 0 N–H and O–H groups in total. The van der Waals surface area contributed by atoms with Gasteiger partial charge >= 0.3 is 0 Å². The van der Waals surface area contributed by atoms with Crippen molar-refractivity contribution in [3.8, 4) is 6.07 Å². The minimum Gasteiger partial charge on any atom is -0.373 e. The molecule has 4 rings (SSSR count). The molecule has 0 bridgehead atoms. The molecule has 4 heteroatoms. The molecular weight excluding hydrogens is 376 g/mol. The number of ether oxygens (including phenoxy) is 1. The summed E-state index contributed by atoms with van der Waals surface area (Å²) >= 11 is 3.64. The predicted octanol–water partition coefficient (Wildman–Crippen LogP) is 5.50. The van der Waals surface area contributed by atoms with E-state index in [2.05, 4.69) is 51.0 Å². The Balaban J connectivity index is 1.47. The van der Waals surface area contributed by atoms with Crippen LogP contribution < -0.4 is 0 Å². The Bertz CT molecular complexity index is 949. The molecule has 1 aliphatic rings. The van der Waals surface area contributed by atoms with E-state index in [1.165, 1.54) is 11.1 Å². The van der Waals surface area contributed by atoms with Gasteiger partial charge in [-0.2, -0.15) is 5.26 Å². The zero-order valence-electron chi connectivity index (χ0n) is 14.1. The molecule has 0 atom stereocenters. The fraction of sp³-hybridized carbons (Fsp3) is 0.286. The molecule has 1 aromatic heterocycles. The van der Waals surface area contributed by atoms with E-state index in [9.17, 15) is 5.26 Å². The van der Waals surface area contributed by atoms with Gasteiger partial charge in [-0.15, -0.1) is 0 Å². The largest absolute Gasteiger partial charge is 0.373 e. The maximum absolute atomic E-state index is 9.24. The lowest BCUT2D eigenvalue weighted by atomic mass is 9.88. The van der Waals surface area contributed by atoms with E-state index in [-0.39, 0.29) is 0 Å². The van der Waals surface area contributed by atoms with Gasteiger partial charge in [-0.3, -0.25) is 0 Å². The van der Waals surface area contributed by atoms with Crippen LogP contribution >= 0.6 is 15.9 Å². The molecule has 0 unspecified atom stereocenters. The molecule has 1 fully saturated rings. The summed E-state index contributed by atoms with van der Waals surface area (Å²) in [5.74, 6) is 0. The van der Waals surface area contributed by atoms with E-state index < -0.39 is 0 Å². The monoisotopic (exact) mass is 394 g/mol. The van der Waals surface area contributed by atoms with Crippen LogP contribution in [-0.2, 0) is 11.3 Å². The minimum atomic E-state index is 0.320. The van der Waals surface area contributed by atoms with E-state index in [1.54, 1.807) is 0 Å². The summed E-state index contributed by atoms with van der Waals surface area (Å²) in [4.78, 5) is 0. The van der Waals surface area contributed by atoms with Crippen molar-refractivity contribution in [3.05, 3.63) is 69.8 Å². The molecule has 25 heavy (non-hydrogen) atoms. The van der Waals surface area contributed by atoms with Crippen LogP contribution in [0, 0.1) is 18.3 Å². The number of hydrogen-bond donors (Lipinski definition) is 0. The molecular formula is C21H19BrN2O. The summed E-state index contributed by atoms with van der Waals surface area (Å²) in [5, 5.41) is 10.3. The van der Waals surface area contributed by atoms with Crippen molar-refractivity contribution in [2.24, 2.45) is 0 Å². The van der Waals surface area contributed by atoms with E-state index >= 15 is 0 Å². The van der Waals surface area contributed by atoms with Gasteiger partial charge in [0.05, 0.1) is 24.3 Å².